The molecule has 3 N–H and O–H groups in total. The third-order valence-electron chi connectivity index (χ3n) is 4.25. The standard InChI is InChI=1S/C22H33N3O5/c1-15(2)10-12-24-21(29)25-18(26)14-30-19(27)11-13-23-20(28)16-6-8-17(9-7-16)22(3,4)5/h6-9,15H,10-14H2,1-5H3,(H,23,28)(H2,24,25,26,29). The Labute approximate surface area is 178 Å². The van der Waals surface area contributed by atoms with Gasteiger partial charge in [0, 0.05) is 18.7 Å². The van der Waals surface area contributed by atoms with Crippen LogP contribution in [0, 0.1) is 5.92 Å². The van der Waals surface area contributed by atoms with Crippen LogP contribution in [0.25, 0.3) is 0 Å². The molecule has 0 aliphatic heterocycles. The molecule has 0 aliphatic carbocycles. The van der Waals surface area contributed by atoms with E-state index < -0.39 is 24.5 Å². The van der Waals surface area contributed by atoms with Crippen molar-refractivity contribution in [2.45, 2.75) is 52.9 Å². The van der Waals surface area contributed by atoms with Gasteiger partial charge in [0.15, 0.2) is 6.61 Å². The molecule has 0 fully saturated rings. The summed E-state index contributed by atoms with van der Waals surface area (Å²) in [6.45, 7) is 10.3. The normalized spacial score (nSPS) is 11.0. The van der Waals surface area contributed by atoms with Gasteiger partial charge in [-0.3, -0.25) is 19.7 Å². The zero-order chi connectivity index (χ0) is 22.7. The molecule has 0 aliphatic rings. The van der Waals surface area contributed by atoms with Crippen LogP contribution in [0.3, 0.4) is 0 Å². The number of benzene rings is 1. The van der Waals surface area contributed by atoms with E-state index in [0.717, 1.165) is 12.0 Å². The Morgan fingerprint density at radius 1 is 0.967 bits per heavy atom. The molecule has 4 amide bonds. The molecule has 0 aromatic heterocycles. The van der Waals surface area contributed by atoms with E-state index in [1.54, 1.807) is 12.1 Å². The number of carbonyl (C=O) groups is 4. The summed E-state index contributed by atoms with van der Waals surface area (Å²) in [7, 11) is 0. The third kappa shape index (κ3) is 10.0. The molecule has 0 heterocycles. The number of ether oxygens (including phenoxy) is 1. The van der Waals surface area contributed by atoms with Gasteiger partial charge >= 0.3 is 12.0 Å². The number of imide groups is 1. The highest BCUT2D eigenvalue weighted by molar-refractivity contribution is 5.96. The molecule has 0 saturated carbocycles. The Hall–Kier alpha value is -2.90. The van der Waals surface area contributed by atoms with Crippen molar-refractivity contribution in [1.82, 2.24) is 16.0 Å². The number of carbonyl (C=O) groups excluding carboxylic acids is 4. The molecule has 0 bridgehead atoms. The summed E-state index contributed by atoms with van der Waals surface area (Å²) in [4.78, 5) is 46.9. The van der Waals surface area contributed by atoms with E-state index in [2.05, 4.69) is 36.7 Å². The quantitative estimate of drug-likeness (QED) is 0.532. The third-order valence-corrected chi connectivity index (χ3v) is 4.25. The van der Waals surface area contributed by atoms with Gasteiger partial charge in [-0.15, -0.1) is 0 Å². The molecule has 8 heteroatoms. The van der Waals surface area contributed by atoms with E-state index in [-0.39, 0.29) is 24.3 Å². The van der Waals surface area contributed by atoms with E-state index in [9.17, 15) is 19.2 Å². The average Bonchev–Trinajstić information content (AvgIpc) is 2.65. The largest absolute Gasteiger partial charge is 0.456 e. The molecule has 166 valence electrons. The van der Waals surface area contributed by atoms with Gasteiger partial charge in [0.25, 0.3) is 11.8 Å². The van der Waals surface area contributed by atoms with Gasteiger partial charge < -0.3 is 15.4 Å². The van der Waals surface area contributed by atoms with Crippen molar-refractivity contribution >= 4 is 23.8 Å². The second-order valence-electron chi connectivity index (χ2n) is 8.48. The zero-order valence-electron chi connectivity index (χ0n) is 18.5. The van der Waals surface area contributed by atoms with E-state index in [4.69, 9.17) is 4.74 Å². The number of amides is 4. The molecule has 8 nitrogen and oxygen atoms in total. The monoisotopic (exact) mass is 419 g/mol. The molecule has 0 spiro atoms. The summed E-state index contributed by atoms with van der Waals surface area (Å²) >= 11 is 0. The summed E-state index contributed by atoms with van der Waals surface area (Å²) in [5, 5.41) is 7.27. The highest BCUT2D eigenvalue weighted by atomic mass is 16.5. The van der Waals surface area contributed by atoms with Crippen LogP contribution in [-0.2, 0) is 19.7 Å². The number of urea groups is 1. The number of hydrogen-bond acceptors (Lipinski definition) is 5. The summed E-state index contributed by atoms with van der Waals surface area (Å²) in [6, 6.07) is 6.67. The molecular weight excluding hydrogens is 386 g/mol. The van der Waals surface area contributed by atoms with Crippen LogP contribution in [0.5, 0.6) is 0 Å². The molecular formula is C22H33N3O5. The molecule has 0 atom stereocenters. The Kier molecular flexibility index (Phi) is 10.0. The molecule has 1 aromatic carbocycles. The fraction of sp³-hybridized carbons (Fsp3) is 0.545. The molecule has 30 heavy (non-hydrogen) atoms. The second kappa shape index (κ2) is 11.9. The minimum absolute atomic E-state index is 0.000185. The van der Waals surface area contributed by atoms with Crippen LogP contribution in [0.15, 0.2) is 24.3 Å². The first-order chi connectivity index (χ1) is 14.0. The number of esters is 1. The van der Waals surface area contributed by atoms with Crippen molar-refractivity contribution in [3.8, 4) is 0 Å². The van der Waals surface area contributed by atoms with Crippen molar-refractivity contribution < 1.29 is 23.9 Å². The molecule has 1 rings (SSSR count). The number of nitrogens with one attached hydrogen (secondary N) is 3. The van der Waals surface area contributed by atoms with Crippen LogP contribution in [0.4, 0.5) is 4.79 Å². The van der Waals surface area contributed by atoms with Gasteiger partial charge in [0.05, 0.1) is 6.42 Å². The first kappa shape index (κ1) is 25.1. The van der Waals surface area contributed by atoms with Crippen molar-refractivity contribution in [2.24, 2.45) is 5.92 Å². The van der Waals surface area contributed by atoms with E-state index >= 15 is 0 Å². The molecule has 0 radical (unpaired) electrons. The minimum atomic E-state index is -0.714. The SMILES string of the molecule is CC(C)CCNC(=O)NC(=O)COC(=O)CCNC(=O)c1ccc(C(C)(C)C)cc1. The second-order valence-corrected chi connectivity index (χ2v) is 8.48. The Morgan fingerprint density at radius 3 is 2.17 bits per heavy atom. The Bertz CT molecular complexity index is 736. The summed E-state index contributed by atoms with van der Waals surface area (Å²) in [6.07, 6.45) is 0.711. The zero-order valence-corrected chi connectivity index (χ0v) is 18.5. The lowest BCUT2D eigenvalue weighted by Gasteiger charge is -2.19. The van der Waals surface area contributed by atoms with Gasteiger partial charge in [0.2, 0.25) is 0 Å². The maximum atomic E-state index is 12.1. The maximum absolute atomic E-state index is 12.1. The number of rotatable bonds is 9. The van der Waals surface area contributed by atoms with Crippen LogP contribution in [0.2, 0.25) is 0 Å². The van der Waals surface area contributed by atoms with Gasteiger partial charge in [-0.2, -0.15) is 0 Å². The average molecular weight is 420 g/mol. The lowest BCUT2D eigenvalue weighted by molar-refractivity contribution is -0.148. The summed E-state index contributed by atoms with van der Waals surface area (Å²) in [5.74, 6) is -1.22. The predicted molar refractivity (Wildman–Crippen MR) is 114 cm³/mol. The molecule has 0 saturated heterocycles. The Morgan fingerprint density at radius 2 is 1.60 bits per heavy atom. The van der Waals surface area contributed by atoms with E-state index in [0.29, 0.717) is 18.0 Å². The summed E-state index contributed by atoms with van der Waals surface area (Å²) < 4.78 is 4.81. The smallest absolute Gasteiger partial charge is 0.321 e. The predicted octanol–water partition coefficient (Wildman–Crippen LogP) is 2.52. The highest BCUT2D eigenvalue weighted by Gasteiger charge is 2.15. The van der Waals surface area contributed by atoms with E-state index in [1.165, 1.54) is 0 Å². The van der Waals surface area contributed by atoms with Gasteiger partial charge in [0.1, 0.15) is 0 Å². The van der Waals surface area contributed by atoms with Crippen LogP contribution < -0.4 is 16.0 Å². The van der Waals surface area contributed by atoms with Crippen molar-refractivity contribution in [3.05, 3.63) is 35.4 Å². The van der Waals surface area contributed by atoms with Crippen molar-refractivity contribution in [2.75, 3.05) is 19.7 Å². The first-order valence-corrected chi connectivity index (χ1v) is 10.1. The Balaban J connectivity index is 2.26. The lowest BCUT2D eigenvalue weighted by atomic mass is 9.87. The molecule has 1 aromatic rings. The van der Waals surface area contributed by atoms with Crippen LogP contribution in [-0.4, -0.2) is 43.5 Å². The maximum Gasteiger partial charge on any atom is 0.321 e. The van der Waals surface area contributed by atoms with Crippen LogP contribution in [0.1, 0.15) is 63.4 Å². The topological polar surface area (TPSA) is 114 Å². The highest BCUT2D eigenvalue weighted by Crippen LogP contribution is 2.22. The lowest BCUT2D eigenvalue weighted by Crippen LogP contribution is -2.42. The van der Waals surface area contributed by atoms with Gasteiger partial charge in [-0.05, 0) is 35.4 Å². The minimum Gasteiger partial charge on any atom is -0.456 e. The van der Waals surface area contributed by atoms with Crippen molar-refractivity contribution in [1.29, 1.82) is 0 Å². The summed E-state index contributed by atoms with van der Waals surface area (Å²) in [5.41, 5.74) is 1.62. The number of hydrogen-bond donors (Lipinski definition) is 3. The van der Waals surface area contributed by atoms with Crippen LogP contribution >= 0.6 is 0 Å². The van der Waals surface area contributed by atoms with Gasteiger partial charge in [-0.25, -0.2) is 4.79 Å². The van der Waals surface area contributed by atoms with E-state index in [1.807, 2.05) is 26.0 Å². The first-order valence-electron chi connectivity index (χ1n) is 10.1. The molecule has 0 unspecified atom stereocenters. The fourth-order valence-electron chi connectivity index (χ4n) is 2.40. The van der Waals surface area contributed by atoms with Crippen molar-refractivity contribution in [3.63, 3.8) is 0 Å². The fourth-order valence-corrected chi connectivity index (χ4v) is 2.40. The van der Waals surface area contributed by atoms with Gasteiger partial charge in [-0.1, -0.05) is 46.8 Å².